The van der Waals surface area contributed by atoms with E-state index in [1.165, 1.54) is 22.3 Å². The van der Waals surface area contributed by atoms with Crippen LogP contribution in [0.4, 0.5) is 26.3 Å². The third-order valence-electron chi connectivity index (χ3n) is 4.94. The maximum Gasteiger partial charge on any atom is 2.00 e. The molecular weight excluding hydrogens is 708 g/mol. The van der Waals surface area contributed by atoms with Gasteiger partial charge in [0.1, 0.15) is 0 Å². The van der Waals surface area contributed by atoms with E-state index in [0.717, 1.165) is 11.1 Å². The van der Waals surface area contributed by atoms with Gasteiger partial charge in [0.05, 0.1) is 11.6 Å². The van der Waals surface area contributed by atoms with Crippen molar-refractivity contribution in [2.75, 3.05) is 0 Å². The smallest absolute Gasteiger partial charge is 0.778 e. The number of nitrogens with zero attached hydrogens (tertiary/aromatic N) is 1. The second kappa shape index (κ2) is 16.6. The number of hydrogen-bond acceptors (Lipinski definition) is 6. The Balaban J connectivity index is 0. The fraction of sp³-hybridized carbons (Fsp3) is 0.296. The van der Waals surface area contributed by atoms with E-state index in [9.17, 15) is 31.8 Å². The summed E-state index contributed by atoms with van der Waals surface area (Å²) in [5.41, 5.74) is -4.25. The van der Waals surface area contributed by atoms with Gasteiger partial charge in [-0.2, -0.15) is 26.3 Å². The molecule has 0 N–H and O–H groups in total. The summed E-state index contributed by atoms with van der Waals surface area (Å²) >= 11 is 0. The van der Waals surface area contributed by atoms with Crippen molar-refractivity contribution in [2.45, 2.75) is 51.1 Å². The Bertz CT molecular complexity index is 1430. The van der Waals surface area contributed by atoms with Crippen molar-refractivity contribution in [3.63, 3.8) is 0 Å². The summed E-state index contributed by atoms with van der Waals surface area (Å²) in [7, 11) is -12.2. The van der Waals surface area contributed by atoms with E-state index in [4.69, 9.17) is 32.9 Å². The molecule has 0 fully saturated rings. The Morgan fingerprint density at radius 3 is 1.47 bits per heavy atom. The van der Waals surface area contributed by atoms with E-state index in [0.29, 0.717) is 5.71 Å². The van der Waals surface area contributed by atoms with E-state index >= 15 is 0 Å². The van der Waals surface area contributed by atoms with E-state index in [1.54, 1.807) is 6.08 Å². The summed E-state index contributed by atoms with van der Waals surface area (Å²) in [6.07, 6.45) is 7.49. The molecule has 0 unspecified atom stereocenters. The fourth-order valence-electron chi connectivity index (χ4n) is 3.16. The Labute approximate surface area is 262 Å². The van der Waals surface area contributed by atoms with Gasteiger partial charge in [-0.3, -0.25) is 0 Å². The normalized spacial score (nSPS) is 13.3. The zero-order chi connectivity index (χ0) is 33.3. The molecule has 0 bridgehead atoms. The number of hydrogen-bond donors (Lipinski definition) is 0. The number of aryl methyl sites for hydroxylation is 3. The predicted molar refractivity (Wildman–Crippen MR) is 146 cm³/mol. The first-order valence-electron chi connectivity index (χ1n) is 11.4. The van der Waals surface area contributed by atoms with Crippen LogP contribution < -0.4 is 0 Å². The van der Waals surface area contributed by atoms with Crippen molar-refractivity contribution in [2.24, 2.45) is 0 Å². The quantitative estimate of drug-likeness (QED) is 0.113. The number of halogens is 6. The van der Waals surface area contributed by atoms with Crippen LogP contribution in [0.25, 0.3) is 11.0 Å². The topological polar surface area (TPSA) is 137 Å². The zero-order valence-corrected chi connectivity index (χ0v) is 27.0. The van der Waals surface area contributed by atoms with Crippen molar-refractivity contribution in [1.29, 1.82) is 0 Å². The maximum atomic E-state index is 10.7. The first-order valence-corrected chi connectivity index (χ1v) is 14.3. The van der Waals surface area contributed by atoms with Gasteiger partial charge in [-0.05, 0) is 55.5 Å². The maximum absolute atomic E-state index is 10.7. The molecule has 1 aliphatic rings. The Hall–Kier alpha value is -2.45. The molecule has 236 valence electrons. The van der Waals surface area contributed by atoms with Crippen molar-refractivity contribution in [3.05, 3.63) is 107 Å². The van der Waals surface area contributed by atoms with Gasteiger partial charge in [-0.15, -0.1) is 0 Å². The molecule has 0 amide bonds. The van der Waals surface area contributed by atoms with Crippen LogP contribution in [-0.2, 0) is 46.7 Å². The van der Waals surface area contributed by atoms with Crippen molar-refractivity contribution < 1.29 is 73.3 Å². The van der Waals surface area contributed by atoms with Crippen LogP contribution in [0.15, 0.2) is 60.7 Å². The van der Waals surface area contributed by atoms with Gasteiger partial charge in [-0.1, -0.05) is 61.9 Å². The summed E-state index contributed by atoms with van der Waals surface area (Å²) in [6, 6.07) is 14.4. The molecule has 0 aliphatic heterocycles. The SMILES string of the molecule is Cc1cc(C)c(C2=C[CH+]C=CC2=[N-])c(C)c1.O=S(=O)([O-])C(F)(F)F.O=S(=O)([O-])C(F)(F)F.[CH]C(C)(C)c1ccccc1.[Mo+2]. The average molecular weight is 736 g/mol. The number of alkyl halides is 6. The van der Waals surface area contributed by atoms with Crippen LogP contribution in [0.2, 0.25) is 0 Å². The van der Waals surface area contributed by atoms with Crippen LogP contribution in [0.1, 0.15) is 41.7 Å². The molecule has 2 aromatic carbocycles. The van der Waals surface area contributed by atoms with Crippen LogP contribution in [0.3, 0.4) is 0 Å². The molecule has 0 atom stereocenters. The molecule has 0 heterocycles. The molecule has 0 saturated heterocycles. The Morgan fingerprint density at radius 1 is 0.814 bits per heavy atom. The van der Waals surface area contributed by atoms with E-state index in [2.05, 4.69) is 32.9 Å². The predicted octanol–water partition coefficient (Wildman–Crippen LogP) is 6.56. The molecular formula is C27H27F6MoNO6S2. The molecule has 0 aromatic heterocycles. The van der Waals surface area contributed by atoms with Gasteiger partial charge in [0.2, 0.25) is 0 Å². The number of allylic oxidation sites excluding steroid dienone is 4. The summed E-state index contributed by atoms with van der Waals surface area (Å²) < 4.78 is 118. The average Bonchev–Trinajstić information content (AvgIpc) is 2.78. The molecule has 3 rings (SSSR count). The van der Waals surface area contributed by atoms with E-state index < -0.39 is 31.3 Å². The summed E-state index contributed by atoms with van der Waals surface area (Å²) in [5.74, 6) is 0. The second-order valence-electron chi connectivity index (χ2n) is 9.18. The molecule has 2 aromatic rings. The minimum Gasteiger partial charge on any atom is -0.778 e. The van der Waals surface area contributed by atoms with Crippen molar-refractivity contribution in [1.82, 2.24) is 0 Å². The van der Waals surface area contributed by atoms with Crippen molar-refractivity contribution in [3.8, 4) is 0 Å². The minimum atomic E-state index is -6.09. The van der Waals surface area contributed by atoms with Gasteiger partial charge in [0, 0.05) is 24.1 Å². The van der Waals surface area contributed by atoms with E-state index in [1.807, 2.05) is 62.8 Å². The first kappa shape index (κ1) is 42.7. The summed E-state index contributed by atoms with van der Waals surface area (Å²) in [5, 5.41) is 9.88. The van der Waals surface area contributed by atoms with Crippen LogP contribution in [0, 0.1) is 34.1 Å². The minimum absolute atomic E-state index is 0. The van der Waals surface area contributed by atoms with E-state index in [-0.39, 0.29) is 26.5 Å². The monoisotopic (exact) mass is 737 g/mol. The second-order valence-corrected chi connectivity index (χ2v) is 11.9. The molecule has 2 radical (unpaired) electrons. The number of rotatable bonds is 2. The van der Waals surface area contributed by atoms with Crippen LogP contribution >= 0.6 is 0 Å². The summed E-state index contributed by atoms with van der Waals surface area (Å²) in [6.45, 7) is 16.1. The molecule has 1 aliphatic carbocycles. The number of benzene rings is 2. The molecule has 0 spiro atoms. The zero-order valence-electron chi connectivity index (χ0n) is 23.3. The Kier molecular flexibility index (Phi) is 16.4. The Morgan fingerprint density at radius 2 is 1.19 bits per heavy atom. The molecule has 16 heteroatoms. The third-order valence-corrected chi connectivity index (χ3v) is 6.07. The molecule has 7 nitrogen and oxygen atoms in total. The van der Waals surface area contributed by atoms with Gasteiger partial charge in [0.15, 0.2) is 20.2 Å². The van der Waals surface area contributed by atoms with Gasteiger partial charge >= 0.3 is 32.1 Å². The first-order chi connectivity index (χ1) is 18.7. The standard InChI is InChI=1S/C15H15N.C10H12.2CHF3O3S.Mo/c1-10-8-11(2)15(12(3)9-10)13-6-4-5-7-14(13)16;1-10(2,3)9-7-5-4-6-8-9;2*2-1(3,4)8(5,6)7;/h4-9H,1-3H3;1,4-8H,2-3H3;2*(H,5,6,7);/q;;;;+2/p-2. The largest absolute Gasteiger partial charge is 2.00 e. The third kappa shape index (κ3) is 15.2. The van der Waals surface area contributed by atoms with Gasteiger partial charge < -0.3 is 14.5 Å². The van der Waals surface area contributed by atoms with Crippen LogP contribution in [-0.4, -0.2) is 42.7 Å². The summed E-state index contributed by atoms with van der Waals surface area (Å²) in [4.78, 5) is 0. The molecule has 43 heavy (non-hydrogen) atoms. The van der Waals surface area contributed by atoms with Gasteiger partial charge in [0.25, 0.3) is 0 Å². The fourth-order valence-corrected chi connectivity index (χ4v) is 3.16. The van der Waals surface area contributed by atoms with Gasteiger partial charge in [-0.25, -0.2) is 16.8 Å². The van der Waals surface area contributed by atoms with Crippen LogP contribution in [0.5, 0.6) is 0 Å². The molecule has 0 saturated carbocycles. The van der Waals surface area contributed by atoms with Crippen molar-refractivity contribution >= 4 is 31.5 Å².